The Balaban J connectivity index is 0.972. The van der Waals surface area contributed by atoms with E-state index in [1.165, 1.54) is 5.56 Å². The number of aromatic nitrogens is 4. The summed E-state index contributed by atoms with van der Waals surface area (Å²) < 4.78 is 0. The molecule has 0 aliphatic rings. The van der Waals surface area contributed by atoms with E-state index in [-0.39, 0.29) is 11.8 Å². The van der Waals surface area contributed by atoms with Gasteiger partial charge >= 0.3 is 0 Å². The summed E-state index contributed by atoms with van der Waals surface area (Å²) >= 11 is 1.59. The number of hydrogen-bond acceptors (Lipinski definition) is 8. The van der Waals surface area contributed by atoms with E-state index in [0.29, 0.717) is 25.2 Å². The first-order valence-corrected chi connectivity index (χ1v) is 16.4. The molecule has 236 valence electrons. The molecule has 46 heavy (non-hydrogen) atoms. The van der Waals surface area contributed by atoms with Crippen molar-refractivity contribution in [2.24, 2.45) is 0 Å². The van der Waals surface area contributed by atoms with Gasteiger partial charge < -0.3 is 15.5 Å². The number of carbonyl (C=O) groups excluding carboxylic acids is 2. The smallest absolute Gasteiger partial charge is 0.229 e. The summed E-state index contributed by atoms with van der Waals surface area (Å²) in [6.45, 7) is 1.33. The minimum atomic E-state index is -0.110. The summed E-state index contributed by atoms with van der Waals surface area (Å²) in [5.74, 6) is 0.459. The van der Waals surface area contributed by atoms with E-state index >= 15 is 0 Å². The predicted molar refractivity (Wildman–Crippen MR) is 183 cm³/mol. The highest BCUT2D eigenvalue weighted by Gasteiger charge is 2.11. The third-order valence-corrected chi connectivity index (χ3v) is 8.40. The predicted octanol–water partition coefficient (Wildman–Crippen LogP) is 5.93. The second kappa shape index (κ2) is 16.9. The topological polar surface area (TPSA) is 113 Å². The molecule has 9 nitrogen and oxygen atoms in total. The molecule has 0 atom stereocenters. The average Bonchev–Trinajstić information content (AvgIpc) is 3.52. The van der Waals surface area contributed by atoms with Crippen LogP contribution in [0, 0.1) is 0 Å². The van der Waals surface area contributed by atoms with Crippen molar-refractivity contribution >= 4 is 34.1 Å². The SMILES string of the molecule is CN(Cc1cccc(CCNc2nnc(CCCCc3ccc(NC(=O)Cc4ccccc4)nn3)s2)c1)C(=O)Cc1ccccc1. The zero-order chi connectivity index (χ0) is 32.0. The number of hydrogen-bond donors (Lipinski definition) is 2. The minimum absolute atomic E-state index is 0.106. The molecule has 2 N–H and O–H groups in total. The fraction of sp³-hybridized carbons (Fsp3) is 0.278. The Hall–Kier alpha value is -4.96. The number of nitrogens with one attached hydrogen (secondary N) is 2. The van der Waals surface area contributed by atoms with E-state index in [0.717, 1.165) is 71.2 Å². The van der Waals surface area contributed by atoms with Gasteiger partial charge in [-0.1, -0.05) is 96.3 Å². The summed E-state index contributed by atoms with van der Waals surface area (Å²) in [5, 5.41) is 25.1. The molecule has 0 spiro atoms. The number of carbonyl (C=O) groups is 2. The molecule has 0 fully saturated rings. The number of anilines is 2. The summed E-state index contributed by atoms with van der Waals surface area (Å²) in [5.41, 5.74) is 5.21. The molecule has 10 heteroatoms. The van der Waals surface area contributed by atoms with E-state index in [1.807, 2.05) is 79.8 Å². The van der Waals surface area contributed by atoms with Gasteiger partial charge in [-0.2, -0.15) is 5.10 Å². The Morgan fingerprint density at radius 1 is 0.696 bits per heavy atom. The van der Waals surface area contributed by atoms with Gasteiger partial charge in [0, 0.05) is 26.6 Å². The van der Waals surface area contributed by atoms with Gasteiger partial charge in [-0.05, 0) is 60.1 Å². The maximum absolute atomic E-state index is 12.7. The van der Waals surface area contributed by atoms with Crippen molar-refractivity contribution in [3.8, 4) is 0 Å². The van der Waals surface area contributed by atoms with Gasteiger partial charge in [-0.3, -0.25) is 9.59 Å². The molecule has 0 bridgehead atoms. The molecule has 5 aromatic rings. The number of amides is 2. The number of rotatable bonds is 16. The summed E-state index contributed by atoms with van der Waals surface area (Å²) in [6.07, 6.45) is 5.16. The van der Waals surface area contributed by atoms with Crippen LogP contribution in [0.15, 0.2) is 97.1 Å². The highest BCUT2D eigenvalue weighted by atomic mass is 32.1. The lowest BCUT2D eigenvalue weighted by Gasteiger charge is -2.18. The average molecular weight is 634 g/mol. The molecule has 2 aromatic heterocycles. The summed E-state index contributed by atoms with van der Waals surface area (Å²) in [4.78, 5) is 26.7. The first kappa shape index (κ1) is 32.4. The van der Waals surface area contributed by atoms with Crippen LogP contribution in [0.2, 0.25) is 0 Å². The van der Waals surface area contributed by atoms with Crippen LogP contribution in [0.25, 0.3) is 0 Å². The highest BCUT2D eigenvalue weighted by Crippen LogP contribution is 2.18. The van der Waals surface area contributed by atoms with Crippen LogP contribution in [0.1, 0.15) is 45.8 Å². The monoisotopic (exact) mass is 633 g/mol. The standard InChI is InChI=1S/C36H39N7O2S/c1-43(35(45)25-28-13-6-3-7-14-28)26-30-16-10-15-29(23-30)21-22-37-36-42-41-34(46-36)18-9-8-17-31-19-20-32(40-39-31)38-33(44)24-27-11-4-2-5-12-27/h2-7,10-16,19-20,23H,8-9,17-18,21-22,24-26H2,1H3,(H,37,42)(H,38,40,44). The van der Waals surface area contributed by atoms with Crippen LogP contribution in [-0.4, -0.2) is 50.7 Å². The van der Waals surface area contributed by atoms with Crippen LogP contribution < -0.4 is 10.6 Å². The van der Waals surface area contributed by atoms with Gasteiger partial charge in [0.15, 0.2) is 5.82 Å². The highest BCUT2D eigenvalue weighted by molar-refractivity contribution is 7.15. The number of nitrogens with zero attached hydrogens (tertiary/aromatic N) is 5. The molecule has 2 amide bonds. The van der Waals surface area contributed by atoms with Crippen LogP contribution >= 0.6 is 11.3 Å². The lowest BCUT2D eigenvalue weighted by atomic mass is 10.1. The van der Waals surface area contributed by atoms with Crippen LogP contribution in [0.5, 0.6) is 0 Å². The fourth-order valence-corrected chi connectivity index (χ4v) is 5.81. The molecule has 0 saturated carbocycles. The van der Waals surface area contributed by atoms with E-state index in [1.54, 1.807) is 22.3 Å². The van der Waals surface area contributed by atoms with E-state index in [4.69, 9.17) is 0 Å². The lowest BCUT2D eigenvalue weighted by Crippen LogP contribution is -2.27. The van der Waals surface area contributed by atoms with Crippen LogP contribution in [-0.2, 0) is 48.2 Å². The number of unbranched alkanes of at least 4 members (excludes halogenated alkanes) is 1. The zero-order valence-electron chi connectivity index (χ0n) is 26.1. The molecule has 0 aliphatic carbocycles. The second-order valence-corrected chi connectivity index (χ2v) is 12.3. The molecular formula is C36H39N7O2S. The van der Waals surface area contributed by atoms with E-state index in [9.17, 15) is 9.59 Å². The van der Waals surface area contributed by atoms with E-state index in [2.05, 4.69) is 49.2 Å². The molecule has 0 radical (unpaired) electrons. The van der Waals surface area contributed by atoms with Crippen molar-refractivity contribution in [3.05, 3.63) is 130 Å². The van der Waals surface area contributed by atoms with Crippen molar-refractivity contribution < 1.29 is 9.59 Å². The molecule has 0 saturated heterocycles. The van der Waals surface area contributed by atoms with Gasteiger partial charge in [0.2, 0.25) is 16.9 Å². The second-order valence-electron chi connectivity index (χ2n) is 11.2. The quantitative estimate of drug-likeness (QED) is 0.130. The van der Waals surface area contributed by atoms with Gasteiger partial charge in [-0.25, -0.2) is 0 Å². The Morgan fingerprint density at radius 2 is 1.39 bits per heavy atom. The molecule has 3 aromatic carbocycles. The van der Waals surface area contributed by atoms with Gasteiger partial charge in [-0.15, -0.1) is 15.3 Å². The fourth-order valence-electron chi connectivity index (χ4n) is 5.00. The molecule has 2 heterocycles. The minimum Gasteiger partial charge on any atom is -0.360 e. The normalized spacial score (nSPS) is 10.8. The largest absolute Gasteiger partial charge is 0.360 e. The van der Waals surface area contributed by atoms with Gasteiger partial charge in [0.1, 0.15) is 5.01 Å². The number of likely N-dealkylation sites (N-methyl/N-ethyl adjacent to an activating group) is 1. The number of benzene rings is 3. The van der Waals surface area contributed by atoms with Crippen molar-refractivity contribution in [2.75, 3.05) is 24.2 Å². The maximum Gasteiger partial charge on any atom is 0.229 e. The first-order valence-electron chi connectivity index (χ1n) is 15.6. The molecule has 0 aliphatic heterocycles. The Kier molecular flexibility index (Phi) is 11.9. The summed E-state index contributed by atoms with van der Waals surface area (Å²) in [6, 6.07) is 31.6. The maximum atomic E-state index is 12.7. The molecule has 5 rings (SSSR count). The van der Waals surface area contributed by atoms with Crippen molar-refractivity contribution in [1.29, 1.82) is 0 Å². The lowest BCUT2D eigenvalue weighted by molar-refractivity contribution is -0.129. The van der Waals surface area contributed by atoms with Crippen molar-refractivity contribution in [3.63, 3.8) is 0 Å². The van der Waals surface area contributed by atoms with Crippen molar-refractivity contribution in [2.45, 2.75) is 51.5 Å². The Bertz CT molecular complexity index is 1680. The van der Waals surface area contributed by atoms with E-state index < -0.39 is 0 Å². The molecule has 0 unspecified atom stereocenters. The van der Waals surface area contributed by atoms with Gasteiger partial charge in [0.05, 0.1) is 18.5 Å². The van der Waals surface area contributed by atoms with Crippen LogP contribution in [0.4, 0.5) is 10.9 Å². The third kappa shape index (κ3) is 10.6. The van der Waals surface area contributed by atoms with Crippen molar-refractivity contribution in [1.82, 2.24) is 25.3 Å². The number of aryl methyl sites for hydroxylation is 2. The molecular weight excluding hydrogens is 595 g/mol. The van der Waals surface area contributed by atoms with Gasteiger partial charge in [0.25, 0.3) is 0 Å². The summed E-state index contributed by atoms with van der Waals surface area (Å²) in [7, 11) is 1.86. The Labute approximate surface area is 274 Å². The zero-order valence-corrected chi connectivity index (χ0v) is 26.9. The third-order valence-electron chi connectivity index (χ3n) is 7.46. The Morgan fingerprint density at radius 3 is 2.13 bits per heavy atom. The van der Waals surface area contributed by atoms with Crippen LogP contribution in [0.3, 0.4) is 0 Å². The first-order chi connectivity index (χ1) is 22.5.